The van der Waals surface area contributed by atoms with Gasteiger partial charge < -0.3 is 15.0 Å². The van der Waals surface area contributed by atoms with Gasteiger partial charge in [0.2, 0.25) is 5.91 Å². The second-order valence-corrected chi connectivity index (χ2v) is 6.79. The van der Waals surface area contributed by atoms with Crippen molar-refractivity contribution < 1.29 is 19.1 Å². The number of amides is 2. The van der Waals surface area contributed by atoms with Crippen LogP contribution in [-0.4, -0.2) is 41.9 Å². The molecule has 0 bridgehead atoms. The van der Waals surface area contributed by atoms with Gasteiger partial charge in [-0.25, -0.2) is 4.79 Å². The van der Waals surface area contributed by atoms with Gasteiger partial charge in [-0.3, -0.25) is 9.59 Å². The first kappa shape index (κ1) is 19.0. The van der Waals surface area contributed by atoms with Crippen LogP contribution in [0.15, 0.2) is 24.3 Å². The van der Waals surface area contributed by atoms with Gasteiger partial charge in [0.15, 0.2) is 6.61 Å². The highest BCUT2D eigenvalue weighted by Crippen LogP contribution is 2.15. The van der Waals surface area contributed by atoms with Crippen LogP contribution >= 0.6 is 0 Å². The zero-order valence-corrected chi connectivity index (χ0v) is 15.1. The Morgan fingerprint density at radius 2 is 1.88 bits per heavy atom. The van der Waals surface area contributed by atoms with Crippen LogP contribution < -0.4 is 5.32 Å². The monoisotopic (exact) mass is 346 g/mol. The lowest BCUT2D eigenvalue weighted by atomic mass is 10.1. The van der Waals surface area contributed by atoms with E-state index in [1.807, 2.05) is 37.8 Å². The number of hydrogen-bond donors (Lipinski definition) is 1. The van der Waals surface area contributed by atoms with Crippen molar-refractivity contribution in [2.24, 2.45) is 5.92 Å². The van der Waals surface area contributed by atoms with E-state index < -0.39 is 5.97 Å². The average molecular weight is 346 g/mol. The normalized spacial score (nSPS) is 15.4. The van der Waals surface area contributed by atoms with Gasteiger partial charge in [-0.15, -0.1) is 0 Å². The molecule has 1 aliphatic rings. The predicted octanol–water partition coefficient (Wildman–Crippen LogP) is 2.13. The quantitative estimate of drug-likeness (QED) is 0.768. The lowest BCUT2D eigenvalue weighted by Crippen LogP contribution is -2.38. The summed E-state index contributed by atoms with van der Waals surface area (Å²) >= 11 is 0. The number of benzene rings is 1. The molecule has 0 aliphatic carbocycles. The zero-order chi connectivity index (χ0) is 18.4. The predicted molar refractivity (Wildman–Crippen MR) is 93.8 cm³/mol. The highest BCUT2D eigenvalue weighted by molar-refractivity contribution is 5.91. The Kier molecular flexibility index (Phi) is 6.56. The minimum atomic E-state index is -0.531. The molecule has 1 heterocycles. The van der Waals surface area contributed by atoms with E-state index in [0.717, 1.165) is 18.5 Å². The van der Waals surface area contributed by atoms with Crippen molar-refractivity contribution in [3.63, 3.8) is 0 Å². The molecule has 6 nitrogen and oxygen atoms in total. The van der Waals surface area contributed by atoms with Gasteiger partial charge >= 0.3 is 5.97 Å². The van der Waals surface area contributed by atoms with Crippen molar-refractivity contribution in [1.82, 2.24) is 10.2 Å². The smallest absolute Gasteiger partial charge is 0.338 e. The number of nitrogens with zero attached hydrogens (tertiary/aromatic N) is 1. The van der Waals surface area contributed by atoms with E-state index in [1.54, 1.807) is 12.1 Å². The van der Waals surface area contributed by atoms with Crippen LogP contribution in [-0.2, 0) is 20.9 Å². The fraction of sp³-hybridized carbons (Fsp3) is 0.526. The molecule has 2 rings (SSSR count). The highest BCUT2D eigenvalue weighted by atomic mass is 16.5. The molecule has 0 unspecified atom stereocenters. The molecule has 6 heteroatoms. The van der Waals surface area contributed by atoms with Gasteiger partial charge in [-0.05, 0) is 37.0 Å². The van der Waals surface area contributed by atoms with Crippen molar-refractivity contribution in [2.45, 2.75) is 46.2 Å². The van der Waals surface area contributed by atoms with Crippen LogP contribution in [0.4, 0.5) is 0 Å². The molecule has 136 valence electrons. The molecule has 0 radical (unpaired) electrons. The first-order chi connectivity index (χ1) is 11.9. The Morgan fingerprint density at radius 1 is 1.20 bits per heavy atom. The maximum atomic E-state index is 12.0. The number of ether oxygens (including phenoxy) is 1. The van der Waals surface area contributed by atoms with E-state index in [0.29, 0.717) is 24.4 Å². The largest absolute Gasteiger partial charge is 0.452 e. The fourth-order valence-corrected chi connectivity index (χ4v) is 2.51. The number of esters is 1. The van der Waals surface area contributed by atoms with Crippen LogP contribution in [0.2, 0.25) is 0 Å². The Morgan fingerprint density at radius 3 is 2.44 bits per heavy atom. The molecule has 25 heavy (non-hydrogen) atoms. The number of likely N-dealkylation sites (tertiary alicyclic amines) is 1. The molecule has 1 N–H and O–H groups in total. The molecule has 2 amide bonds. The summed E-state index contributed by atoms with van der Waals surface area (Å²) in [4.78, 5) is 37.2. The lowest BCUT2D eigenvalue weighted by Gasteiger charge is -2.17. The topological polar surface area (TPSA) is 75.7 Å². The third kappa shape index (κ3) is 5.59. The third-order valence-electron chi connectivity index (χ3n) is 4.46. The van der Waals surface area contributed by atoms with E-state index in [1.165, 1.54) is 0 Å². The minimum Gasteiger partial charge on any atom is -0.452 e. The van der Waals surface area contributed by atoms with Crippen molar-refractivity contribution >= 4 is 17.8 Å². The number of carbonyl (C=O) groups excluding carboxylic acids is 3. The molecule has 1 atom stereocenters. The van der Waals surface area contributed by atoms with E-state index in [-0.39, 0.29) is 24.5 Å². The van der Waals surface area contributed by atoms with E-state index >= 15 is 0 Å². The van der Waals surface area contributed by atoms with Gasteiger partial charge in [-0.2, -0.15) is 0 Å². The lowest BCUT2D eigenvalue weighted by molar-refractivity contribution is -0.128. The number of hydrogen-bond acceptors (Lipinski definition) is 4. The summed E-state index contributed by atoms with van der Waals surface area (Å²) < 4.78 is 5.05. The van der Waals surface area contributed by atoms with Gasteiger partial charge in [0.25, 0.3) is 5.91 Å². The highest BCUT2D eigenvalue weighted by Gasteiger charge is 2.20. The second-order valence-electron chi connectivity index (χ2n) is 6.79. The second kappa shape index (κ2) is 8.65. The molecule has 1 aromatic rings. The van der Waals surface area contributed by atoms with Crippen LogP contribution in [0.1, 0.15) is 49.5 Å². The Labute approximate surface area is 148 Å². The van der Waals surface area contributed by atoms with Crippen molar-refractivity contribution in [3.05, 3.63) is 35.4 Å². The summed E-state index contributed by atoms with van der Waals surface area (Å²) in [7, 11) is 0. The molecule has 1 saturated heterocycles. The molecular weight excluding hydrogens is 320 g/mol. The standard InChI is InChI=1S/C19H26N2O4/c1-13(2)14(3)20-17(22)12-25-19(24)16-8-6-15(7-9-16)11-21-10-4-5-18(21)23/h6-9,13-14H,4-5,10-12H2,1-3H3,(H,20,22)/t14-/m0/s1. The van der Waals surface area contributed by atoms with Crippen LogP contribution in [0.5, 0.6) is 0 Å². The summed E-state index contributed by atoms with van der Waals surface area (Å²) in [5.74, 6) is -0.352. The Hall–Kier alpha value is -2.37. The average Bonchev–Trinajstić information content (AvgIpc) is 2.98. The zero-order valence-electron chi connectivity index (χ0n) is 15.1. The van der Waals surface area contributed by atoms with Gasteiger partial charge in [-0.1, -0.05) is 26.0 Å². The summed E-state index contributed by atoms with van der Waals surface area (Å²) in [6, 6.07) is 6.96. The Balaban J connectivity index is 1.81. The maximum Gasteiger partial charge on any atom is 0.338 e. The van der Waals surface area contributed by atoms with Gasteiger partial charge in [0.05, 0.1) is 5.56 Å². The maximum absolute atomic E-state index is 12.0. The fourth-order valence-electron chi connectivity index (χ4n) is 2.51. The molecular formula is C19H26N2O4. The SMILES string of the molecule is CC(C)[C@H](C)NC(=O)COC(=O)c1ccc(CN2CCCC2=O)cc1. The van der Waals surface area contributed by atoms with Crippen LogP contribution in [0, 0.1) is 5.92 Å². The molecule has 0 spiro atoms. The first-order valence-electron chi connectivity index (χ1n) is 8.70. The number of rotatable bonds is 7. The third-order valence-corrected chi connectivity index (χ3v) is 4.46. The first-order valence-corrected chi connectivity index (χ1v) is 8.70. The van der Waals surface area contributed by atoms with E-state index in [9.17, 15) is 14.4 Å². The van der Waals surface area contributed by atoms with Gasteiger partial charge in [0.1, 0.15) is 0 Å². The number of carbonyl (C=O) groups is 3. The number of nitrogens with one attached hydrogen (secondary N) is 1. The molecule has 0 saturated carbocycles. The van der Waals surface area contributed by atoms with Crippen molar-refractivity contribution in [1.29, 1.82) is 0 Å². The summed E-state index contributed by atoms with van der Waals surface area (Å²) in [6.07, 6.45) is 1.52. The van der Waals surface area contributed by atoms with Crippen LogP contribution in [0.25, 0.3) is 0 Å². The Bertz CT molecular complexity index is 625. The van der Waals surface area contributed by atoms with Gasteiger partial charge in [0, 0.05) is 25.6 Å². The molecule has 0 aromatic heterocycles. The summed E-state index contributed by atoms with van der Waals surface area (Å²) in [5.41, 5.74) is 1.36. The summed E-state index contributed by atoms with van der Waals surface area (Å²) in [6.45, 7) is 6.98. The minimum absolute atomic E-state index is 0.0267. The van der Waals surface area contributed by atoms with Crippen LogP contribution in [0.3, 0.4) is 0 Å². The molecule has 1 fully saturated rings. The summed E-state index contributed by atoms with van der Waals surface area (Å²) in [5, 5.41) is 2.79. The molecule has 1 aromatic carbocycles. The van der Waals surface area contributed by atoms with E-state index in [2.05, 4.69) is 5.32 Å². The van der Waals surface area contributed by atoms with Crippen molar-refractivity contribution in [3.8, 4) is 0 Å². The van der Waals surface area contributed by atoms with Crippen molar-refractivity contribution in [2.75, 3.05) is 13.2 Å². The van der Waals surface area contributed by atoms with E-state index in [4.69, 9.17) is 4.74 Å². The molecule has 1 aliphatic heterocycles.